The highest BCUT2D eigenvalue weighted by molar-refractivity contribution is 7.92. The molecule has 1 aliphatic rings. The van der Waals surface area contributed by atoms with Crippen LogP contribution in [-0.2, 0) is 19.6 Å². The molecule has 1 atom stereocenters. The Bertz CT molecular complexity index is 894. The Labute approximate surface area is 171 Å². The molecule has 0 radical (unpaired) electrons. The highest BCUT2D eigenvalue weighted by atomic mass is 32.2. The molecule has 156 valence electrons. The number of anilines is 1. The molecule has 1 aliphatic heterocycles. The number of hydrogen-bond donors (Lipinski definition) is 1. The van der Waals surface area contributed by atoms with Gasteiger partial charge in [-0.1, -0.05) is 18.2 Å². The zero-order chi connectivity index (χ0) is 20.7. The molecule has 8 heteroatoms. The molecule has 29 heavy (non-hydrogen) atoms. The Morgan fingerprint density at radius 3 is 2.52 bits per heavy atom. The van der Waals surface area contributed by atoms with Crippen LogP contribution in [0.2, 0.25) is 0 Å². The molecule has 1 fully saturated rings. The Kier molecular flexibility index (Phi) is 7.11. The summed E-state index contributed by atoms with van der Waals surface area (Å²) < 4.78 is 38.5. The summed E-state index contributed by atoms with van der Waals surface area (Å²) in [6.07, 6.45) is 1.86. The highest BCUT2D eigenvalue weighted by Gasteiger charge is 2.27. The van der Waals surface area contributed by atoms with Crippen molar-refractivity contribution in [2.24, 2.45) is 0 Å². The fourth-order valence-corrected chi connectivity index (χ4v) is 4.57. The lowest BCUT2D eigenvalue weighted by Gasteiger charge is -2.24. The number of sulfonamides is 1. The lowest BCUT2D eigenvalue weighted by Crippen LogP contribution is -2.42. The van der Waals surface area contributed by atoms with Gasteiger partial charge in [-0.25, -0.2) is 8.42 Å². The standard InChI is InChI=1S/C21H26N2O5S/c1-2-27-18-12-10-17(11-13-18)23(29(25,26)20-8-4-3-5-9-20)16-21(24)22-15-19-7-6-14-28-19/h3-5,8-13,19H,2,6-7,14-16H2,1H3,(H,22,24). The summed E-state index contributed by atoms with van der Waals surface area (Å²) in [5.74, 6) is 0.255. The first-order valence-corrected chi connectivity index (χ1v) is 11.1. The molecule has 1 amide bonds. The molecule has 1 unspecified atom stereocenters. The Morgan fingerprint density at radius 1 is 1.17 bits per heavy atom. The zero-order valence-corrected chi connectivity index (χ0v) is 17.2. The number of hydrogen-bond acceptors (Lipinski definition) is 5. The van der Waals surface area contributed by atoms with Crippen LogP contribution >= 0.6 is 0 Å². The van der Waals surface area contributed by atoms with Gasteiger partial charge >= 0.3 is 0 Å². The molecule has 1 saturated heterocycles. The predicted octanol–water partition coefficient (Wildman–Crippen LogP) is 2.58. The highest BCUT2D eigenvalue weighted by Crippen LogP contribution is 2.25. The number of rotatable bonds is 9. The zero-order valence-electron chi connectivity index (χ0n) is 16.4. The number of amides is 1. The van der Waals surface area contributed by atoms with Crippen molar-refractivity contribution in [3.05, 3.63) is 54.6 Å². The van der Waals surface area contributed by atoms with Crippen molar-refractivity contribution in [1.29, 1.82) is 0 Å². The molecule has 1 heterocycles. The van der Waals surface area contributed by atoms with Crippen LogP contribution in [0, 0.1) is 0 Å². The van der Waals surface area contributed by atoms with Crippen molar-refractivity contribution in [2.75, 3.05) is 30.6 Å². The third kappa shape index (κ3) is 5.48. The van der Waals surface area contributed by atoms with Gasteiger partial charge < -0.3 is 14.8 Å². The van der Waals surface area contributed by atoms with Crippen molar-refractivity contribution in [3.8, 4) is 5.75 Å². The third-order valence-electron chi connectivity index (χ3n) is 4.61. The molecular formula is C21H26N2O5S. The normalized spacial score (nSPS) is 16.4. The van der Waals surface area contributed by atoms with Crippen molar-refractivity contribution in [1.82, 2.24) is 5.32 Å². The van der Waals surface area contributed by atoms with Crippen molar-refractivity contribution in [3.63, 3.8) is 0 Å². The van der Waals surface area contributed by atoms with Crippen LogP contribution in [0.3, 0.4) is 0 Å². The summed E-state index contributed by atoms with van der Waals surface area (Å²) in [5, 5.41) is 2.79. The van der Waals surface area contributed by atoms with E-state index in [1.165, 1.54) is 12.1 Å². The van der Waals surface area contributed by atoms with E-state index >= 15 is 0 Å². The van der Waals surface area contributed by atoms with Gasteiger partial charge in [0.25, 0.3) is 10.0 Å². The van der Waals surface area contributed by atoms with Crippen molar-refractivity contribution >= 4 is 21.6 Å². The number of nitrogens with zero attached hydrogens (tertiary/aromatic N) is 1. The van der Waals surface area contributed by atoms with E-state index in [0.29, 0.717) is 31.2 Å². The largest absolute Gasteiger partial charge is 0.494 e. The van der Waals surface area contributed by atoms with Gasteiger partial charge in [0.05, 0.1) is 23.3 Å². The van der Waals surface area contributed by atoms with Gasteiger partial charge in [-0.2, -0.15) is 0 Å². The van der Waals surface area contributed by atoms with E-state index in [1.54, 1.807) is 42.5 Å². The van der Waals surface area contributed by atoms with E-state index in [2.05, 4.69) is 5.32 Å². The van der Waals surface area contributed by atoms with Crippen LogP contribution in [0.1, 0.15) is 19.8 Å². The lowest BCUT2D eigenvalue weighted by molar-refractivity contribution is -0.120. The average Bonchev–Trinajstić information content (AvgIpc) is 3.26. The maximum Gasteiger partial charge on any atom is 0.264 e. The number of ether oxygens (including phenoxy) is 2. The van der Waals surface area contributed by atoms with Crippen LogP contribution in [0.25, 0.3) is 0 Å². The molecule has 0 spiro atoms. The fourth-order valence-electron chi connectivity index (χ4n) is 3.13. The van der Waals surface area contributed by atoms with E-state index in [0.717, 1.165) is 17.1 Å². The van der Waals surface area contributed by atoms with Crippen LogP contribution in [-0.4, -0.2) is 46.7 Å². The van der Waals surface area contributed by atoms with Gasteiger partial charge in [0, 0.05) is 13.2 Å². The summed E-state index contributed by atoms with van der Waals surface area (Å²) >= 11 is 0. The molecular weight excluding hydrogens is 392 g/mol. The molecule has 0 bridgehead atoms. The number of carbonyl (C=O) groups excluding carboxylic acids is 1. The number of carbonyl (C=O) groups is 1. The quantitative estimate of drug-likeness (QED) is 0.677. The average molecular weight is 419 g/mol. The van der Waals surface area contributed by atoms with Gasteiger partial charge in [0.2, 0.25) is 5.91 Å². The molecule has 0 aromatic heterocycles. The lowest BCUT2D eigenvalue weighted by atomic mass is 10.2. The minimum Gasteiger partial charge on any atom is -0.494 e. The summed E-state index contributed by atoms with van der Waals surface area (Å²) in [5.41, 5.74) is 0.393. The summed E-state index contributed by atoms with van der Waals surface area (Å²) in [7, 11) is -3.91. The van der Waals surface area contributed by atoms with E-state index in [4.69, 9.17) is 9.47 Å². The monoisotopic (exact) mass is 418 g/mol. The van der Waals surface area contributed by atoms with Crippen LogP contribution in [0.5, 0.6) is 5.75 Å². The first-order valence-electron chi connectivity index (χ1n) is 9.69. The molecule has 0 saturated carbocycles. The molecule has 0 aliphatic carbocycles. The van der Waals surface area contributed by atoms with Crippen molar-refractivity contribution < 1.29 is 22.7 Å². The fraction of sp³-hybridized carbons (Fsp3) is 0.381. The minimum atomic E-state index is -3.91. The second-order valence-corrected chi connectivity index (χ2v) is 8.55. The molecule has 1 N–H and O–H groups in total. The van der Waals surface area contributed by atoms with E-state index in [9.17, 15) is 13.2 Å². The smallest absolute Gasteiger partial charge is 0.264 e. The topological polar surface area (TPSA) is 84.9 Å². The van der Waals surface area contributed by atoms with Gasteiger partial charge in [-0.3, -0.25) is 9.10 Å². The Morgan fingerprint density at radius 2 is 1.90 bits per heavy atom. The van der Waals surface area contributed by atoms with Gasteiger partial charge in [0.1, 0.15) is 12.3 Å². The van der Waals surface area contributed by atoms with E-state index in [1.807, 2.05) is 6.92 Å². The summed E-state index contributed by atoms with van der Waals surface area (Å²) in [6, 6.07) is 14.7. The maximum atomic E-state index is 13.2. The van der Waals surface area contributed by atoms with E-state index in [-0.39, 0.29) is 23.5 Å². The minimum absolute atomic E-state index is 0.0105. The van der Waals surface area contributed by atoms with Crippen molar-refractivity contribution in [2.45, 2.75) is 30.8 Å². The SMILES string of the molecule is CCOc1ccc(N(CC(=O)NCC2CCCO2)S(=O)(=O)c2ccccc2)cc1. The molecule has 3 rings (SSSR count). The third-order valence-corrected chi connectivity index (χ3v) is 6.39. The molecule has 2 aromatic carbocycles. The Balaban J connectivity index is 1.81. The predicted molar refractivity (Wildman–Crippen MR) is 111 cm³/mol. The van der Waals surface area contributed by atoms with Crippen LogP contribution < -0.4 is 14.4 Å². The van der Waals surface area contributed by atoms with Gasteiger partial charge in [-0.05, 0) is 56.2 Å². The number of nitrogens with one attached hydrogen (secondary N) is 1. The number of benzene rings is 2. The first-order chi connectivity index (χ1) is 14.0. The van der Waals surface area contributed by atoms with Crippen LogP contribution in [0.15, 0.2) is 59.5 Å². The van der Waals surface area contributed by atoms with Gasteiger partial charge in [0.15, 0.2) is 0 Å². The molecule has 2 aromatic rings. The maximum absolute atomic E-state index is 13.2. The van der Waals surface area contributed by atoms with Gasteiger partial charge in [-0.15, -0.1) is 0 Å². The second kappa shape index (κ2) is 9.76. The first kappa shape index (κ1) is 21.1. The van der Waals surface area contributed by atoms with Crippen LogP contribution in [0.4, 0.5) is 5.69 Å². The summed E-state index contributed by atoms with van der Waals surface area (Å²) in [4.78, 5) is 12.7. The molecule has 7 nitrogen and oxygen atoms in total. The Hall–Kier alpha value is -2.58. The second-order valence-electron chi connectivity index (χ2n) is 6.69. The summed E-state index contributed by atoms with van der Waals surface area (Å²) in [6.45, 7) is 3.13. The van der Waals surface area contributed by atoms with E-state index < -0.39 is 10.0 Å².